The molecule has 1 atom stereocenters. The first-order valence-corrected chi connectivity index (χ1v) is 11.3. The smallest absolute Gasteiger partial charge is 0.301 e. The molecule has 5 rings (SSSR count). The van der Waals surface area contributed by atoms with E-state index in [1.165, 1.54) is 23.4 Å². The van der Waals surface area contributed by atoms with Gasteiger partial charge in [0.15, 0.2) is 0 Å². The molecule has 2 aromatic carbocycles. The Bertz CT molecular complexity index is 1430. The molecule has 1 unspecified atom stereocenters. The zero-order valence-corrected chi connectivity index (χ0v) is 19.0. The molecule has 0 amide bonds. The Labute approximate surface area is 205 Å². The van der Waals surface area contributed by atoms with Gasteiger partial charge in [0.25, 0.3) is 5.69 Å². The number of rotatable bonds is 5. The minimum atomic E-state index is -0.726. The van der Waals surface area contributed by atoms with E-state index in [-0.39, 0.29) is 23.0 Å². The second kappa shape index (κ2) is 9.03. The number of piperidine rings is 1. The Morgan fingerprint density at radius 3 is 2.42 bits per heavy atom. The maximum absolute atomic E-state index is 11.7. The Morgan fingerprint density at radius 2 is 1.78 bits per heavy atom. The molecule has 0 aliphatic carbocycles. The van der Waals surface area contributed by atoms with Crippen molar-refractivity contribution in [3.63, 3.8) is 0 Å². The summed E-state index contributed by atoms with van der Waals surface area (Å²) >= 11 is 0. The topological polar surface area (TPSA) is 166 Å². The molecule has 0 radical (unpaired) electrons. The van der Waals surface area contributed by atoms with Crippen LogP contribution in [0.25, 0.3) is 5.69 Å². The molecule has 1 aromatic heterocycles. The van der Waals surface area contributed by atoms with Gasteiger partial charge in [-0.15, -0.1) is 0 Å². The lowest BCUT2D eigenvalue weighted by Gasteiger charge is -2.29. The number of allylic oxidation sites excluding steroid dienone is 1. The van der Waals surface area contributed by atoms with Crippen LogP contribution in [0.15, 0.2) is 60.1 Å². The van der Waals surface area contributed by atoms with Crippen LogP contribution in [0.1, 0.15) is 36.3 Å². The molecular formula is C24H21N7O5. The summed E-state index contributed by atoms with van der Waals surface area (Å²) in [7, 11) is 0. The van der Waals surface area contributed by atoms with Gasteiger partial charge >= 0.3 is 5.69 Å². The number of nitro benzene ring substituents is 2. The van der Waals surface area contributed by atoms with Crippen LogP contribution in [0.4, 0.5) is 17.1 Å². The van der Waals surface area contributed by atoms with Crippen LogP contribution >= 0.6 is 0 Å². The number of benzene rings is 2. The average molecular weight is 487 g/mol. The van der Waals surface area contributed by atoms with Crippen molar-refractivity contribution in [3.8, 4) is 17.6 Å². The predicted octanol–water partition coefficient (Wildman–Crippen LogP) is 3.90. The zero-order valence-electron chi connectivity index (χ0n) is 19.0. The van der Waals surface area contributed by atoms with E-state index in [0.29, 0.717) is 5.56 Å². The Hall–Kier alpha value is -4.92. The van der Waals surface area contributed by atoms with E-state index in [9.17, 15) is 25.5 Å². The Morgan fingerprint density at radius 1 is 1.06 bits per heavy atom. The van der Waals surface area contributed by atoms with E-state index < -0.39 is 27.1 Å². The summed E-state index contributed by atoms with van der Waals surface area (Å²) in [6.07, 6.45) is 4.99. The van der Waals surface area contributed by atoms with Crippen molar-refractivity contribution in [2.24, 2.45) is 5.73 Å². The first kappa shape index (κ1) is 22.9. The van der Waals surface area contributed by atoms with E-state index in [1.54, 1.807) is 0 Å². The number of hydrogen-bond donors (Lipinski definition) is 1. The maximum atomic E-state index is 11.7. The molecule has 12 nitrogen and oxygen atoms in total. The molecule has 3 aromatic rings. The highest BCUT2D eigenvalue weighted by atomic mass is 16.6. The van der Waals surface area contributed by atoms with Crippen molar-refractivity contribution in [1.29, 1.82) is 5.26 Å². The third-order valence-corrected chi connectivity index (χ3v) is 6.49. The number of ether oxygens (including phenoxy) is 1. The van der Waals surface area contributed by atoms with Crippen molar-refractivity contribution >= 4 is 17.1 Å². The highest BCUT2D eigenvalue weighted by Crippen LogP contribution is 2.44. The van der Waals surface area contributed by atoms with Crippen LogP contribution in [-0.2, 0) is 0 Å². The van der Waals surface area contributed by atoms with Crippen molar-refractivity contribution < 1.29 is 14.6 Å². The second-order valence-corrected chi connectivity index (χ2v) is 8.57. The molecular weight excluding hydrogens is 466 g/mol. The summed E-state index contributed by atoms with van der Waals surface area (Å²) in [5, 5.41) is 36.9. The first-order chi connectivity index (χ1) is 17.4. The fourth-order valence-corrected chi connectivity index (χ4v) is 4.72. The quantitative estimate of drug-likeness (QED) is 0.414. The lowest BCUT2D eigenvalue weighted by molar-refractivity contribution is -0.394. The maximum Gasteiger partial charge on any atom is 0.301 e. The monoisotopic (exact) mass is 487 g/mol. The van der Waals surface area contributed by atoms with E-state index >= 15 is 0 Å². The summed E-state index contributed by atoms with van der Waals surface area (Å²) in [5.74, 6) is -0.630. The molecule has 3 heterocycles. The van der Waals surface area contributed by atoms with E-state index in [0.717, 1.165) is 49.3 Å². The van der Waals surface area contributed by atoms with E-state index in [1.807, 2.05) is 24.3 Å². The summed E-state index contributed by atoms with van der Waals surface area (Å²) in [5.41, 5.74) is 7.72. The number of hydrogen-bond acceptors (Lipinski definition) is 9. The van der Waals surface area contributed by atoms with Crippen LogP contribution in [0.3, 0.4) is 0 Å². The molecule has 2 N–H and O–H groups in total. The molecule has 0 spiro atoms. The second-order valence-electron chi connectivity index (χ2n) is 8.57. The fourth-order valence-electron chi connectivity index (χ4n) is 4.72. The van der Waals surface area contributed by atoms with Gasteiger partial charge in [-0.1, -0.05) is 12.1 Å². The van der Waals surface area contributed by atoms with E-state index in [4.69, 9.17) is 10.5 Å². The van der Waals surface area contributed by atoms with Gasteiger partial charge < -0.3 is 15.4 Å². The van der Waals surface area contributed by atoms with Crippen LogP contribution in [0.5, 0.6) is 5.88 Å². The Balaban J connectivity index is 1.58. The lowest BCUT2D eigenvalue weighted by atomic mass is 9.85. The number of non-ortho nitro benzene ring substituents is 1. The van der Waals surface area contributed by atoms with Crippen LogP contribution in [0, 0.1) is 31.6 Å². The van der Waals surface area contributed by atoms with Crippen molar-refractivity contribution in [3.05, 3.63) is 91.5 Å². The predicted molar refractivity (Wildman–Crippen MR) is 129 cm³/mol. The van der Waals surface area contributed by atoms with Gasteiger partial charge in [-0.3, -0.25) is 20.2 Å². The molecule has 12 heteroatoms. The number of fused-ring (bicyclic) bond motifs is 1. The summed E-state index contributed by atoms with van der Waals surface area (Å²) < 4.78 is 6.89. The van der Waals surface area contributed by atoms with Crippen molar-refractivity contribution in [1.82, 2.24) is 9.78 Å². The molecule has 1 saturated heterocycles. The number of anilines is 1. The largest absolute Gasteiger partial charge is 0.422 e. The van der Waals surface area contributed by atoms with Crippen LogP contribution < -0.4 is 15.4 Å². The summed E-state index contributed by atoms with van der Waals surface area (Å²) in [6.45, 7) is 2.00. The Kier molecular flexibility index (Phi) is 5.73. The lowest BCUT2D eigenvalue weighted by Crippen LogP contribution is -2.29. The zero-order chi connectivity index (χ0) is 25.4. The number of nitrogens with zero attached hydrogens (tertiary/aromatic N) is 6. The van der Waals surface area contributed by atoms with Gasteiger partial charge in [-0.25, -0.2) is 0 Å². The number of nitro groups is 2. The van der Waals surface area contributed by atoms with Gasteiger partial charge in [0.1, 0.15) is 17.3 Å². The molecule has 36 heavy (non-hydrogen) atoms. The molecule has 182 valence electrons. The van der Waals surface area contributed by atoms with Gasteiger partial charge in [-0.05, 0) is 43.0 Å². The molecule has 0 saturated carbocycles. The minimum absolute atomic E-state index is 0.0285. The summed E-state index contributed by atoms with van der Waals surface area (Å²) in [4.78, 5) is 23.7. The SMILES string of the molecule is N#CC1=C(N)Oc2c(cnn2-c2ccc([N+](=O)[O-])cc2[N+](=O)[O-])C1c1ccc(N2CCCCC2)cc1. The van der Waals surface area contributed by atoms with E-state index in [2.05, 4.69) is 16.1 Å². The highest BCUT2D eigenvalue weighted by molar-refractivity contribution is 5.62. The van der Waals surface area contributed by atoms with Crippen LogP contribution in [0.2, 0.25) is 0 Å². The fraction of sp³-hybridized carbons (Fsp3) is 0.250. The number of aromatic nitrogens is 2. The van der Waals surface area contributed by atoms with Gasteiger partial charge in [0.2, 0.25) is 11.8 Å². The molecule has 0 bridgehead atoms. The third-order valence-electron chi connectivity index (χ3n) is 6.49. The standard InChI is InChI=1S/C24H21N7O5/c25-13-18-22(15-4-6-16(7-5-15)28-10-2-1-3-11-28)19-14-27-29(24(19)36-23(18)26)20-9-8-17(30(32)33)12-21(20)31(34)35/h4-9,12,14,22H,1-3,10-11,26H2. The first-order valence-electron chi connectivity index (χ1n) is 11.3. The van der Waals surface area contributed by atoms with Crippen LogP contribution in [-0.4, -0.2) is 32.7 Å². The summed E-state index contributed by atoms with van der Waals surface area (Å²) in [6, 6.07) is 13.2. The number of nitriles is 1. The van der Waals surface area contributed by atoms with Gasteiger partial charge in [0.05, 0.1) is 28.0 Å². The van der Waals surface area contributed by atoms with Gasteiger partial charge in [-0.2, -0.15) is 15.0 Å². The average Bonchev–Trinajstić information content (AvgIpc) is 3.31. The van der Waals surface area contributed by atoms with Crippen molar-refractivity contribution in [2.45, 2.75) is 25.2 Å². The normalized spacial score (nSPS) is 17.2. The molecule has 2 aliphatic rings. The minimum Gasteiger partial charge on any atom is -0.422 e. The molecule has 2 aliphatic heterocycles. The molecule has 1 fully saturated rings. The number of nitrogens with two attached hydrogens (primary N) is 1. The van der Waals surface area contributed by atoms with Crippen molar-refractivity contribution in [2.75, 3.05) is 18.0 Å². The third kappa shape index (κ3) is 3.86. The van der Waals surface area contributed by atoms with Gasteiger partial charge in [0, 0.05) is 30.4 Å². The highest BCUT2D eigenvalue weighted by Gasteiger charge is 2.35.